The molecule has 1 aromatic carbocycles. The van der Waals surface area contributed by atoms with E-state index in [1.165, 1.54) is 12.8 Å². The first-order valence-electron chi connectivity index (χ1n) is 11.2. The van der Waals surface area contributed by atoms with Crippen molar-refractivity contribution in [3.05, 3.63) is 35.2 Å². The standard InChI is InChI=1S/C22H28N6O3S/c1-15-25-19(14-20(26-15)27-9-2-3-10-27)23-7-8-24-32(30,31)18-12-16-4-5-21(29)28-11-6-17(13-18)22(16)28/h12-14,24H,2-11H2,1H3,(H,23,25,26). The zero-order valence-corrected chi connectivity index (χ0v) is 19.0. The quantitative estimate of drug-likeness (QED) is 0.610. The highest BCUT2D eigenvalue weighted by Gasteiger charge is 2.32. The van der Waals surface area contributed by atoms with Gasteiger partial charge in [-0.05, 0) is 55.9 Å². The number of aromatic nitrogens is 2. The van der Waals surface area contributed by atoms with Gasteiger partial charge in [-0.15, -0.1) is 0 Å². The van der Waals surface area contributed by atoms with Gasteiger partial charge in [-0.3, -0.25) is 4.79 Å². The summed E-state index contributed by atoms with van der Waals surface area (Å²) in [5, 5.41) is 3.21. The lowest BCUT2D eigenvalue weighted by Gasteiger charge is -2.25. The van der Waals surface area contributed by atoms with E-state index in [1.54, 1.807) is 17.0 Å². The van der Waals surface area contributed by atoms with Crippen LogP contribution in [-0.2, 0) is 27.7 Å². The summed E-state index contributed by atoms with van der Waals surface area (Å²) in [6.45, 7) is 5.16. The highest BCUT2D eigenvalue weighted by Crippen LogP contribution is 2.38. The maximum absolute atomic E-state index is 12.9. The number of nitrogens with zero attached hydrogens (tertiary/aromatic N) is 4. The molecular weight excluding hydrogens is 428 g/mol. The topological polar surface area (TPSA) is 108 Å². The lowest BCUT2D eigenvalue weighted by atomic mass is 10.00. The van der Waals surface area contributed by atoms with Gasteiger partial charge >= 0.3 is 0 Å². The van der Waals surface area contributed by atoms with Crippen molar-refractivity contribution in [2.45, 2.75) is 43.9 Å². The summed E-state index contributed by atoms with van der Waals surface area (Å²) in [5.41, 5.74) is 2.82. The van der Waals surface area contributed by atoms with Crippen molar-refractivity contribution in [3.8, 4) is 0 Å². The molecule has 2 aromatic rings. The van der Waals surface area contributed by atoms with Crippen molar-refractivity contribution in [1.82, 2.24) is 14.7 Å². The molecule has 9 nitrogen and oxygen atoms in total. The first-order valence-corrected chi connectivity index (χ1v) is 12.7. The number of anilines is 3. The average Bonchev–Trinajstić information content (AvgIpc) is 3.44. The van der Waals surface area contributed by atoms with Gasteiger partial charge in [0.2, 0.25) is 15.9 Å². The minimum Gasteiger partial charge on any atom is -0.369 e. The Balaban J connectivity index is 1.23. The van der Waals surface area contributed by atoms with Gasteiger partial charge < -0.3 is 15.1 Å². The summed E-state index contributed by atoms with van der Waals surface area (Å²) in [6, 6.07) is 5.35. The van der Waals surface area contributed by atoms with Crippen LogP contribution >= 0.6 is 0 Å². The summed E-state index contributed by atoms with van der Waals surface area (Å²) in [4.78, 5) is 25.3. The Kier molecular flexibility index (Phi) is 5.50. The minimum atomic E-state index is -3.64. The van der Waals surface area contributed by atoms with Crippen molar-refractivity contribution >= 4 is 33.3 Å². The number of amides is 1. The van der Waals surface area contributed by atoms with Gasteiger partial charge in [0, 0.05) is 45.2 Å². The van der Waals surface area contributed by atoms with Crippen LogP contribution in [0.1, 0.15) is 36.2 Å². The fourth-order valence-corrected chi connectivity index (χ4v) is 5.92. The predicted octanol–water partition coefficient (Wildman–Crippen LogP) is 1.61. The fourth-order valence-electron chi connectivity index (χ4n) is 4.79. The lowest BCUT2D eigenvalue weighted by Crippen LogP contribution is -2.33. The monoisotopic (exact) mass is 456 g/mol. The molecule has 1 amide bonds. The largest absolute Gasteiger partial charge is 0.369 e. The molecule has 2 N–H and O–H groups in total. The number of carbonyl (C=O) groups is 1. The maximum atomic E-state index is 12.9. The van der Waals surface area contributed by atoms with E-state index in [0.717, 1.165) is 35.7 Å². The Morgan fingerprint density at radius 3 is 2.50 bits per heavy atom. The smallest absolute Gasteiger partial charge is 0.240 e. The van der Waals surface area contributed by atoms with Crippen LogP contribution < -0.4 is 19.8 Å². The third-order valence-electron chi connectivity index (χ3n) is 6.31. The van der Waals surface area contributed by atoms with Crippen LogP contribution in [-0.4, -0.2) is 57.0 Å². The van der Waals surface area contributed by atoms with Crippen molar-refractivity contribution < 1.29 is 13.2 Å². The summed E-state index contributed by atoms with van der Waals surface area (Å²) in [7, 11) is -3.64. The molecule has 4 heterocycles. The van der Waals surface area contributed by atoms with E-state index in [0.29, 0.717) is 44.0 Å². The molecule has 1 aromatic heterocycles. The van der Waals surface area contributed by atoms with E-state index in [9.17, 15) is 13.2 Å². The third-order valence-corrected chi connectivity index (χ3v) is 7.75. The van der Waals surface area contributed by atoms with Gasteiger partial charge in [0.25, 0.3) is 0 Å². The van der Waals surface area contributed by atoms with E-state index in [-0.39, 0.29) is 17.3 Å². The third kappa shape index (κ3) is 4.04. The maximum Gasteiger partial charge on any atom is 0.240 e. The van der Waals surface area contributed by atoms with Gasteiger partial charge in [-0.2, -0.15) is 0 Å². The minimum absolute atomic E-state index is 0.129. The number of hydrogen-bond acceptors (Lipinski definition) is 7. The summed E-state index contributed by atoms with van der Waals surface area (Å²) < 4.78 is 28.5. The molecule has 0 spiro atoms. The zero-order chi connectivity index (χ0) is 22.3. The number of carbonyl (C=O) groups excluding carboxylic acids is 1. The molecule has 0 bridgehead atoms. The van der Waals surface area contributed by atoms with Crippen LogP contribution in [0.2, 0.25) is 0 Å². The predicted molar refractivity (Wildman–Crippen MR) is 123 cm³/mol. The van der Waals surface area contributed by atoms with Gasteiger partial charge in [0.05, 0.1) is 10.6 Å². The average molecular weight is 457 g/mol. The highest BCUT2D eigenvalue weighted by atomic mass is 32.2. The molecule has 0 saturated carbocycles. The summed E-state index contributed by atoms with van der Waals surface area (Å²) in [6.07, 6.45) is 4.07. The lowest BCUT2D eigenvalue weighted by molar-refractivity contribution is -0.118. The molecule has 10 heteroatoms. The molecule has 0 aliphatic carbocycles. The molecule has 1 saturated heterocycles. The highest BCUT2D eigenvalue weighted by molar-refractivity contribution is 7.89. The van der Waals surface area contributed by atoms with Crippen molar-refractivity contribution in [3.63, 3.8) is 0 Å². The summed E-state index contributed by atoms with van der Waals surface area (Å²) in [5.74, 6) is 2.43. The number of rotatable bonds is 7. The molecule has 3 aliphatic rings. The normalized spacial score (nSPS) is 17.7. The van der Waals surface area contributed by atoms with E-state index < -0.39 is 10.0 Å². The first kappa shape index (κ1) is 21.1. The molecule has 0 atom stereocenters. The second-order valence-corrected chi connectivity index (χ2v) is 10.3. The van der Waals surface area contributed by atoms with E-state index in [2.05, 4.69) is 24.9 Å². The molecule has 1 fully saturated rings. The van der Waals surface area contributed by atoms with E-state index in [1.807, 2.05) is 13.0 Å². The van der Waals surface area contributed by atoms with Crippen LogP contribution in [0, 0.1) is 6.92 Å². The first-order chi connectivity index (χ1) is 15.4. The Morgan fingerprint density at radius 2 is 1.72 bits per heavy atom. The number of aryl methyl sites for hydroxylation is 2. The Hall–Kier alpha value is -2.72. The van der Waals surface area contributed by atoms with Crippen molar-refractivity contribution in [2.75, 3.05) is 47.8 Å². The van der Waals surface area contributed by atoms with Crippen molar-refractivity contribution in [2.24, 2.45) is 0 Å². The molecular formula is C22H28N6O3S. The zero-order valence-electron chi connectivity index (χ0n) is 18.2. The molecule has 3 aliphatic heterocycles. The number of benzene rings is 1. The van der Waals surface area contributed by atoms with Crippen LogP contribution in [0.15, 0.2) is 23.1 Å². The number of nitrogens with one attached hydrogen (secondary N) is 2. The van der Waals surface area contributed by atoms with Gasteiger partial charge in [0.1, 0.15) is 17.5 Å². The number of hydrogen-bond donors (Lipinski definition) is 2. The molecule has 32 heavy (non-hydrogen) atoms. The van der Waals surface area contributed by atoms with Crippen LogP contribution in [0.3, 0.4) is 0 Å². The number of sulfonamides is 1. The van der Waals surface area contributed by atoms with Crippen LogP contribution in [0.25, 0.3) is 0 Å². The Labute approximate surface area is 188 Å². The summed E-state index contributed by atoms with van der Waals surface area (Å²) >= 11 is 0. The molecule has 5 rings (SSSR count). The molecule has 170 valence electrons. The van der Waals surface area contributed by atoms with Crippen LogP contribution in [0.5, 0.6) is 0 Å². The SMILES string of the molecule is Cc1nc(NCCNS(=O)(=O)c2cc3c4c(c2)CCN4C(=O)CC3)cc(N2CCCC2)n1. The van der Waals surface area contributed by atoms with E-state index >= 15 is 0 Å². The van der Waals surface area contributed by atoms with Gasteiger partial charge in [-0.25, -0.2) is 23.1 Å². The van der Waals surface area contributed by atoms with Gasteiger partial charge in [0.15, 0.2) is 0 Å². The second kappa shape index (κ2) is 8.32. The Bertz CT molecular complexity index is 1160. The molecule has 0 unspecified atom stereocenters. The fraction of sp³-hybridized carbons (Fsp3) is 0.500. The van der Waals surface area contributed by atoms with E-state index in [4.69, 9.17) is 0 Å². The second-order valence-electron chi connectivity index (χ2n) is 8.56. The van der Waals surface area contributed by atoms with Crippen LogP contribution in [0.4, 0.5) is 17.3 Å². The van der Waals surface area contributed by atoms with Crippen molar-refractivity contribution in [1.29, 1.82) is 0 Å². The Morgan fingerprint density at radius 1 is 0.969 bits per heavy atom. The molecule has 0 radical (unpaired) electrons. The van der Waals surface area contributed by atoms with Gasteiger partial charge in [-0.1, -0.05) is 0 Å².